The van der Waals surface area contributed by atoms with Crippen LogP contribution in [0.25, 0.3) is 0 Å². The van der Waals surface area contributed by atoms with E-state index in [4.69, 9.17) is 10.8 Å². The van der Waals surface area contributed by atoms with Crippen molar-refractivity contribution in [1.82, 2.24) is 0 Å². The number of nitrogens with zero attached hydrogens (tertiary/aromatic N) is 1. The standard InChI is InChI=1S/C13H17BrN2O3/c1-8(2)6-16(7-11(17)18)10-5-3-4-9(14)12(10)13(15)19/h3-5,8H,6-7H2,1-2H3,(H2,15,19)(H,17,18). The molecule has 0 saturated carbocycles. The number of aliphatic carboxylic acids is 1. The average Bonchev–Trinajstić information content (AvgIpc) is 2.25. The summed E-state index contributed by atoms with van der Waals surface area (Å²) < 4.78 is 0.566. The van der Waals surface area contributed by atoms with Crippen molar-refractivity contribution in [2.45, 2.75) is 13.8 Å². The van der Waals surface area contributed by atoms with Crippen LogP contribution < -0.4 is 10.6 Å². The van der Waals surface area contributed by atoms with Gasteiger partial charge in [-0.15, -0.1) is 0 Å². The first-order valence-corrected chi connectivity index (χ1v) is 6.67. The Balaban J connectivity index is 3.24. The Morgan fingerprint density at radius 1 is 1.42 bits per heavy atom. The molecule has 1 aromatic carbocycles. The monoisotopic (exact) mass is 328 g/mol. The first kappa shape index (κ1) is 15.5. The normalized spacial score (nSPS) is 10.5. The quantitative estimate of drug-likeness (QED) is 0.837. The predicted molar refractivity (Wildman–Crippen MR) is 77.3 cm³/mol. The van der Waals surface area contributed by atoms with Gasteiger partial charge in [0.1, 0.15) is 6.54 Å². The summed E-state index contributed by atoms with van der Waals surface area (Å²) in [5.74, 6) is -1.27. The summed E-state index contributed by atoms with van der Waals surface area (Å²) in [4.78, 5) is 24.1. The number of hydrogen-bond acceptors (Lipinski definition) is 3. The van der Waals surface area contributed by atoms with Crippen LogP contribution in [0.4, 0.5) is 5.69 Å². The predicted octanol–water partition coefficient (Wildman–Crippen LogP) is 2.09. The van der Waals surface area contributed by atoms with E-state index in [1.165, 1.54) is 0 Å². The molecule has 19 heavy (non-hydrogen) atoms. The number of primary amides is 1. The molecular formula is C13H17BrN2O3. The van der Waals surface area contributed by atoms with Crippen LogP contribution in [-0.4, -0.2) is 30.1 Å². The molecule has 0 unspecified atom stereocenters. The van der Waals surface area contributed by atoms with Crippen molar-refractivity contribution in [3.05, 3.63) is 28.2 Å². The summed E-state index contributed by atoms with van der Waals surface area (Å²) in [5.41, 5.74) is 6.22. The van der Waals surface area contributed by atoms with Gasteiger partial charge in [-0.3, -0.25) is 9.59 Å². The SMILES string of the molecule is CC(C)CN(CC(=O)O)c1cccc(Br)c1C(N)=O. The van der Waals surface area contributed by atoms with Gasteiger partial charge in [-0.05, 0) is 34.0 Å². The molecule has 6 heteroatoms. The van der Waals surface area contributed by atoms with E-state index in [1.807, 2.05) is 13.8 Å². The van der Waals surface area contributed by atoms with Crippen LogP contribution in [0.1, 0.15) is 24.2 Å². The molecule has 1 aromatic rings. The van der Waals surface area contributed by atoms with Crippen molar-refractivity contribution in [2.24, 2.45) is 11.7 Å². The van der Waals surface area contributed by atoms with Crippen LogP contribution >= 0.6 is 15.9 Å². The molecule has 0 aromatic heterocycles. The molecule has 0 aliphatic rings. The summed E-state index contributed by atoms with van der Waals surface area (Å²) in [7, 11) is 0. The number of rotatable bonds is 6. The summed E-state index contributed by atoms with van der Waals surface area (Å²) in [6.45, 7) is 4.32. The van der Waals surface area contributed by atoms with Crippen LogP contribution in [0.5, 0.6) is 0 Å². The molecular weight excluding hydrogens is 312 g/mol. The highest BCUT2D eigenvalue weighted by molar-refractivity contribution is 9.10. The summed E-state index contributed by atoms with van der Waals surface area (Å²) in [6.07, 6.45) is 0. The second-order valence-corrected chi connectivity index (χ2v) is 5.52. The Morgan fingerprint density at radius 3 is 2.53 bits per heavy atom. The number of carbonyl (C=O) groups is 2. The largest absolute Gasteiger partial charge is 0.480 e. The maximum atomic E-state index is 11.5. The van der Waals surface area contributed by atoms with Gasteiger partial charge in [0.2, 0.25) is 0 Å². The zero-order valence-electron chi connectivity index (χ0n) is 10.9. The molecule has 104 valence electrons. The second kappa shape index (κ2) is 6.56. The number of nitrogens with two attached hydrogens (primary N) is 1. The van der Waals surface area contributed by atoms with Crippen LogP contribution in [0, 0.1) is 5.92 Å². The van der Waals surface area contributed by atoms with Gasteiger partial charge in [-0.25, -0.2) is 0 Å². The van der Waals surface area contributed by atoms with E-state index in [9.17, 15) is 9.59 Å². The summed E-state index contributed by atoms with van der Waals surface area (Å²) in [5, 5.41) is 8.99. The number of amides is 1. The van der Waals surface area contributed by atoms with Crippen LogP contribution in [-0.2, 0) is 4.79 Å². The molecule has 0 saturated heterocycles. The topological polar surface area (TPSA) is 83.6 Å². The number of benzene rings is 1. The molecule has 0 spiro atoms. The molecule has 0 atom stereocenters. The van der Waals surface area contributed by atoms with Gasteiger partial charge in [-0.1, -0.05) is 19.9 Å². The molecule has 0 fully saturated rings. The van der Waals surface area contributed by atoms with E-state index >= 15 is 0 Å². The Bertz CT molecular complexity index is 489. The van der Waals surface area contributed by atoms with E-state index in [0.717, 1.165) is 0 Å². The molecule has 0 aliphatic carbocycles. The van der Waals surface area contributed by atoms with E-state index in [0.29, 0.717) is 22.3 Å². The highest BCUT2D eigenvalue weighted by atomic mass is 79.9. The first-order valence-electron chi connectivity index (χ1n) is 5.88. The second-order valence-electron chi connectivity index (χ2n) is 4.67. The third-order valence-electron chi connectivity index (χ3n) is 2.49. The lowest BCUT2D eigenvalue weighted by Gasteiger charge is -2.26. The van der Waals surface area contributed by atoms with Crippen LogP contribution in [0.2, 0.25) is 0 Å². The molecule has 1 rings (SSSR count). The highest BCUT2D eigenvalue weighted by Gasteiger charge is 2.20. The molecule has 0 aliphatic heterocycles. The fourth-order valence-electron chi connectivity index (χ4n) is 1.87. The van der Waals surface area contributed by atoms with E-state index in [-0.39, 0.29) is 12.5 Å². The minimum absolute atomic E-state index is 0.172. The minimum atomic E-state index is -0.948. The van der Waals surface area contributed by atoms with Crippen molar-refractivity contribution in [2.75, 3.05) is 18.0 Å². The Kier molecular flexibility index (Phi) is 5.35. The number of carboxylic acid groups (broad SMARTS) is 1. The highest BCUT2D eigenvalue weighted by Crippen LogP contribution is 2.28. The van der Waals surface area contributed by atoms with Crippen molar-refractivity contribution in [3.8, 4) is 0 Å². The first-order chi connectivity index (χ1) is 8.82. The van der Waals surface area contributed by atoms with Gasteiger partial charge in [-0.2, -0.15) is 0 Å². The van der Waals surface area contributed by atoms with E-state index in [2.05, 4.69) is 15.9 Å². The van der Waals surface area contributed by atoms with Crippen LogP contribution in [0.15, 0.2) is 22.7 Å². The van der Waals surface area contributed by atoms with Crippen molar-refractivity contribution >= 4 is 33.5 Å². The number of carboxylic acids is 1. The fourth-order valence-corrected chi connectivity index (χ4v) is 2.42. The van der Waals surface area contributed by atoms with Gasteiger partial charge in [0.05, 0.1) is 11.3 Å². The van der Waals surface area contributed by atoms with Gasteiger partial charge in [0, 0.05) is 11.0 Å². The molecule has 0 radical (unpaired) electrons. The van der Waals surface area contributed by atoms with Gasteiger partial charge in [0.25, 0.3) is 5.91 Å². The number of hydrogen-bond donors (Lipinski definition) is 2. The van der Waals surface area contributed by atoms with Crippen molar-refractivity contribution in [1.29, 1.82) is 0 Å². The number of halogens is 1. The third-order valence-corrected chi connectivity index (χ3v) is 3.15. The van der Waals surface area contributed by atoms with Gasteiger partial charge < -0.3 is 15.7 Å². The van der Waals surface area contributed by atoms with E-state index < -0.39 is 11.9 Å². The Hall–Kier alpha value is -1.56. The average molecular weight is 329 g/mol. The zero-order chi connectivity index (χ0) is 14.6. The lowest BCUT2D eigenvalue weighted by Crippen LogP contribution is -2.34. The lowest BCUT2D eigenvalue weighted by atomic mass is 10.1. The fraction of sp³-hybridized carbons (Fsp3) is 0.385. The zero-order valence-corrected chi connectivity index (χ0v) is 12.5. The number of anilines is 1. The maximum absolute atomic E-state index is 11.5. The minimum Gasteiger partial charge on any atom is -0.480 e. The number of carbonyl (C=O) groups excluding carboxylic acids is 1. The maximum Gasteiger partial charge on any atom is 0.323 e. The van der Waals surface area contributed by atoms with Gasteiger partial charge in [0.15, 0.2) is 0 Å². The molecule has 5 nitrogen and oxygen atoms in total. The van der Waals surface area contributed by atoms with E-state index in [1.54, 1.807) is 23.1 Å². The Morgan fingerprint density at radius 2 is 2.05 bits per heavy atom. The van der Waals surface area contributed by atoms with Gasteiger partial charge >= 0.3 is 5.97 Å². The Labute approximate surface area is 120 Å². The summed E-state index contributed by atoms with van der Waals surface area (Å²) in [6, 6.07) is 5.16. The molecule has 3 N–H and O–H groups in total. The summed E-state index contributed by atoms with van der Waals surface area (Å²) >= 11 is 3.27. The molecule has 1 amide bonds. The van der Waals surface area contributed by atoms with Crippen molar-refractivity contribution in [3.63, 3.8) is 0 Å². The smallest absolute Gasteiger partial charge is 0.323 e. The molecule has 0 heterocycles. The third kappa shape index (κ3) is 4.24. The lowest BCUT2D eigenvalue weighted by molar-refractivity contribution is -0.135. The van der Waals surface area contributed by atoms with Crippen LogP contribution in [0.3, 0.4) is 0 Å². The van der Waals surface area contributed by atoms with Crippen molar-refractivity contribution < 1.29 is 14.7 Å². The molecule has 0 bridgehead atoms.